The van der Waals surface area contributed by atoms with Crippen LogP contribution in [0.25, 0.3) is 11.0 Å². The molecule has 2 heterocycles. The lowest BCUT2D eigenvalue weighted by atomic mass is 10.0. The zero-order valence-corrected chi connectivity index (χ0v) is 13.1. The number of hydrogen-bond acceptors (Lipinski definition) is 5. The topological polar surface area (TPSA) is 92.0 Å². The number of nitrogens with zero attached hydrogens (tertiary/aromatic N) is 3. The second kappa shape index (κ2) is 7.01. The molecule has 110 valence electrons. The van der Waals surface area contributed by atoms with Crippen LogP contribution in [0.15, 0.2) is 12.5 Å². The van der Waals surface area contributed by atoms with Gasteiger partial charge in [-0.15, -0.1) is 0 Å². The Labute approximate surface area is 126 Å². The Bertz CT molecular complexity index is 571. The van der Waals surface area contributed by atoms with E-state index in [1.165, 1.54) is 0 Å². The van der Waals surface area contributed by atoms with Gasteiger partial charge in [-0.1, -0.05) is 22.9 Å². The van der Waals surface area contributed by atoms with Gasteiger partial charge in [-0.3, -0.25) is 0 Å². The van der Waals surface area contributed by atoms with E-state index in [1.807, 2.05) is 6.20 Å². The summed E-state index contributed by atoms with van der Waals surface area (Å²) >= 11 is 3.51. The maximum atomic E-state index is 5.91. The monoisotopic (exact) mass is 341 g/mol. The van der Waals surface area contributed by atoms with Crippen LogP contribution in [0.3, 0.4) is 0 Å². The Hall–Kier alpha value is -1.18. The molecule has 1 atom stereocenters. The van der Waals surface area contributed by atoms with E-state index in [0.717, 1.165) is 28.5 Å². The van der Waals surface area contributed by atoms with Crippen LogP contribution in [0, 0.1) is 0 Å². The summed E-state index contributed by atoms with van der Waals surface area (Å²) in [6.45, 7) is 4.58. The van der Waals surface area contributed by atoms with Gasteiger partial charge in [0.2, 0.25) is 0 Å². The summed E-state index contributed by atoms with van der Waals surface area (Å²) in [6, 6.07) is 0. The van der Waals surface area contributed by atoms with Crippen molar-refractivity contribution in [1.29, 1.82) is 0 Å². The van der Waals surface area contributed by atoms with Crippen LogP contribution in [0.4, 0.5) is 5.82 Å². The molecule has 0 saturated heterocycles. The molecule has 1 unspecified atom stereocenters. The van der Waals surface area contributed by atoms with Crippen LogP contribution in [0.1, 0.15) is 18.4 Å². The van der Waals surface area contributed by atoms with E-state index >= 15 is 0 Å². The molecule has 0 saturated carbocycles. The van der Waals surface area contributed by atoms with E-state index in [9.17, 15) is 0 Å². The molecule has 4 N–H and O–H groups in total. The molecule has 0 amide bonds. The van der Waals surface area contributed by atoms with Crippen molar-refractivity contribution >= 4 is 32.8 Å². The first-order valence-electron chi connectivity index (χ1n) is 6.62. The van der Waals surface area contributed by atoms with Crippen molar-refractivity contribution in [2.24, 2.45) is 5.73 Å². The van der Waals surface area contributed by atoms with Crippen molar-refractivity contribution in [2.75, 3.05) is 30.8 Å². The number of nitrogens with two attached hydrogens (primary N) is 2. The number of imidazole rings is 1. The summed E-state index contributed by atoms with van der Waals surface area (Å²) in [6.07, 6.45) is 3.63. The summed E-state index contributed by atoms with van der Waals surface area (Å²) in [5, 5.41) is 0.864. The summed E-state index contributed by atoms with van der Waals surface area (Å²) < 4.78 is 7.50. The Morgan fingerprint density at radius 2 is 2.20 bits per heavy atom. The van der Waals surface area contributed by atoms with Crippen LogP contribution in [-0.2, 0) is 11.3 Å². The highest BCUT2D eigenvalue weighted by molar-refractivity contribution is 9.09. The number of aromatic nitrogens is 3. The molecule has 6 nitrogen and oxygen atoms in total. The molecule has 0 aliphatic rings. The van der Waals surface area contributed by atoms with E-state index in [-0.39, 0.29) is 0 Å². The highest BCUT2D eigenvalue weighted by Gasteiger charge is 2.16. The number of ether oxygens (including phenoxy) is 1. The normalized spacial score (nSPS) is 12.9. The lowest BCUT2D eigenvalue weighted by molar-refractivity contribution is 0.134. The van der Waals surface area contributed by atoms with E-state index in [0.29, 0.717) is 31.5 Å². The highest BCUT2D eigenvalue weighted by atomic mass is 79.9. The average Bonchev–Trinajstić information content (AvgIpc) is 2.88. The van der Waals surface area contributed by atoms with Crippen molar-refractivity contribution < 1.29 is 4.74 Å². The van der Waals surface area contributed by atoms with Gasteiger partial charge in [0, 0.05) is 30.2 Å². The minimum Gasteiger partial charge on any atom is -0.382 e. The molecule has 20 heavy (non-hydrogen) atoms. The third kappa shape index (κ3) is 3.11. The Morgan fingerprint density at radius 3 is 2.90 bits per heavy atom. The summed E-state index contributed by atoms with van der Waals surface area (Å²) in [5.74, 6) is 0.804. The SMILES string of the molecule is CC(CBr)c1cnc(N)c2ncn(CCOCCN)c12. The van der Waals surface area contributed by atoms with Gasteiger partial charge in [-0.05, 0) is 5.92 Å². The second-order valence-corrected chi connectivity index (χ2v) is 5.34. The highest BCUT2D eigenvalue weighted by Crippen LogP contribution is 2.28. The minimum atomic E-state index is 0.339. The van der Waals surface area contributed by atoms with Gasteiger partial charge in [-0.2, -0.15) is 0 Å². The molecule has 0 bridgehead atoms. The van der Waals surface area contributed by atoms with E-state index in [1.54, 1.807) is 6.33 Å². The number of anilines is 1. The van der Waals surface area contributed by atoms with Gasteiger partial charge in [0.25, 0.3) is 0 Å². The lowest BCUT2D eigenvalue weighted by Gasteiger charge is -2.13. The van der Waals surface area contributed by atoms with Gasteiger partial charge >= 0.3 is 0 Å². The van der Waals surface area contributed by atoms with Crippen LogP contribution in [0.5, 0.6) is 0 Å². The van der Waals surface area contributed by atoms with Gasteiger partial charge in [0.1, 0.15) is 5.52 Å². The fourth-order valence-corrected chi connectivity index (χ4v) is 2.44. The van der Waals surface area contributed by atoms with Gasteiger partial charge < -0.3 is 20.8 Å². The number of hydrogen-bond donors (Lipinski definition) is 2. The molecule has 2 aromatic rings. The molecule has 0 aliphatic carbocycles. The third-order valence-electron chi connectivity index (χ3n) is 3.20. The van der Waals surface area contributed by atoms with E-state index in [4.69, 9.17) is 16.2 Å². The standard InChI is InChI=1S/C13H20BrN5O/c1-9(6-14)10-7-17-13(16)11-12(10)19(8-18-11)3-5-20-4-2-15/h7-9H,2-6,15H2,1H3,(H2,16,17). The number of rotatable bonds is 7. The van der Waals surface area contributed by atoms with Crippen molar-refractivity contribution in [3.05, 3.63) is 18.1 Å². The zero-order valence-electron chi connectivity index (χ0n) is 11.6. The molecule has 0 radical (unpaired) electrons. The maximum Gasteiger partial charge on any atom is 0.151 e. The molecular formula is C13H20BrN5O. The Balaban J connectivity index is 2.32. The zero-order chi connectivity index (χ0) is 14.5. The van der Waals surface area contributed by atoms with Crippen LogP contribution in [-0.4, -0.2) is 39.6 Å². The largest absolute Gasteiger partial charge is 0.382 e. The predicted molar refractivity (Wildman–Crippen MR) is 84.0 cm³/mol. The first-order valence-corrected chi connectivity index (χ1v) is 7.74. The predicted octanol–water partition coefficient (Wildman–Crippen LogP) is 1.49. The molecule has 0 spiro atoms. The van der Waals surface area contributed by atoms with Crippen molar-refractivity contribution in [3.63, 3.8) is 0 Å². The van der Waals surface area contributed by atoms with Crippen molar-refractivity contribution in [3.8, 4) is 0 Å². The Kier molecular flexibility index (Phi) is 5.33. The summed E-state index contributed by atoms with van der Waals surface area (Å²) in [4.78, 5) is 8.61. The number of nitrogen functional groups attached to an aromatic ring is 1. The number of halogens is 1. The van der Waals surface area contributed by atoms with E-state index in [2.05, 4.69) is 37.4 Å². The van der Waals surface area contributed by atoms with Gasteiger partial charge in [0.15, 0.2) is 5.82 Å². The maximum absolute atomic E-state index is 5.91. The number of fused-ring (bicyclic) bond motifs is 1. The molecular weight excluding hydrogens is 322 g/mol. The second-order valence-electron chi connectivity index (χ2n) is 4.69. The van der Waals surface area contributed by atoms with Crippen molar-refractivity contribution in [1.82, 2.24) is 14.5 Å². The van der Waals surface area contributed by atoms with Gasteiger partial charge in [-0.25, -0.2) is 9.97 Å². The van der Waals surface area contributed by atoms with E-state index < -0.39 is 0 Å². The lowest BCUT2D eigenvalue weighted by Crippen LogP contribution is -2.13. The number of alkyl halides is 1. The molecule has 0 aromatic carbocycles. The van der Waals surface area contributed by atoms with Crippen LogP contribution in [0.2, 0.25) is 0 Å². The Morgan fingerprint density at radius 1 is 1.40 bits per heavy atom. The molecule has 0 fully saturated rings. The average molecular weight is 342 g/mol. The van der Waals surface area contributed by atoms with Crippen LogP contribution >= 0.6 is 15.9 Å². The third-order valence-corrected chi connectivity index (χ3v) is 4.17. The first-order chi connectivity index (χ1) is 9.69. The van der Waals surface area contributed by atoms with Crippen molar-refractivity contribution in [2.45, 2.75) is 19.4 Å². The molecule has 7 heteroatoms. The summed E-state index contributed by atoms with van der Waals surface area (Å²) in [5.41, 5.74) is 14.3. The summed E-state index contributed by atoms with van der Waals surface area (Å²) in [7, 11) is 0. The quantitative estimate of drug-likeness (QED) is 0.587. The smallest absolute Gasteiger partial charge is 0.151 e. The molecule has 0 aliphatic heterocycles. The van der Waals surface area contributed by atoms with Gasteiger partial charge in [0.05, 0.1) is 25.1 Å². The first kappa shape index (κ1) is 15.2. The molecule has 2 rings (SSSR count). The molecule has 2 aromatic heterocycles. The number of pyridine rings is 1. The van der Waals surface area contributed by atoms with Crippen LogP contribution < -0.4 is 11.5 Å². The fraction of sp³-hybridized carbons (Fsp3) is 0.538. The minimum absolute atomic E-state index is 0.339. The fourth-order valence-electron chi connectivity index (χ4n) is 2.10.